The van der Waals surface area contributed by atoms with Crippen LogP contribution in [-0.4, -0.2) is 39.5 Å². The lowest BCUT2D eigenvalue weighted by Gasteiger charge is -2.26. The molecule has 2 aromatic rings. The third-order valence-corrected chi connectivity index (χ3v) is 4.69. The summed E-state index contributed by atoms with van der Waals surface area (Å²) in [5.74, 6) is 1.19. The zero-order chi connectivity index (χ0) is 16.9. The van der Waals surface area contributed by atoms with Crippen molar-refractivity contribution in [3.05, 3.63) is 53.1 Å². The number of rotatable bonds is 6. The van der Waals surface area contributed by atoms with Crippen LogP contribution in [0.1, 0.15) is 24.7 Å². The van der Waals surface area contributed by atoms with Gasteiger partial charge < -0.3 is 9.88 Å². The molecule has 3 rings (SSSR count). The first kappa shape index (κ1) is 17.0. The van der Waals surface area contributed by atoms with Crippen LogP contribution in [0.25, 0.3) is 0 Å². The van der Waals surface area contributed by atoms with Gasteiger partial charge in [-0.3, -0.25) is 9.69 Å². The SMILES string of the molecule is CCN(CC(=O)N[C@H]1CCc2nccn2C1)Cc1ccc(Cl)cc1. The average molecular weight is 347 g/mol. The lowest BCUT2D eigenvalue weighted by atomic mass is 10.1. The van der Waals surface area contributed by atoms with Crippen LogP contribution in [0.4, 0.5) is 0 Å². The number of likely N-dealkylation sites (N-methyl/N-ethyl adjacent to an activating group) is 1. The van der Waals surface area contributed by atoms with E-state index in [0.717, 1.165) is 48.9 Å². The highest BCUT2D eigenvalue weighted by Crippen LogP contribution is 2.14. The van der Waals surface area contributed by atoms with Crippen molar-refractivity contribution in [2.75, 3.05) is 13.1 Å². The second-order valence-electron chi connectivity index (χ2n) is 6.23. The maximum atomic E-state index is 12.4. The molecule has 1 amide bonds. The van der Waals surface area contributed by atoms with Gasteiger partial charge in [-0.05, 0) is 30.7 Å². The number of amides is 1. The number of aryl methyl sites for hydroxylation is 1. The van der Waals surface area contributed by atoms with Gasteiger partial charge in [0, 0.05) is 43.0 Å². The number of hydrogen-bond acceptors (Lipinski definition) is 3. The van der Waals surface area contributed by atoms with E-state index in [1.165, 1.54) is 0 Å². The van der Waals surface area contributed by atoms with Gasteiger partial charge in [0.05, 0.1) is 6.54 Å². The van der Waals surface area contributed by atoms with E-state index < -0.39 is 0 Å². The van der Waals surface area contributed by atoms with Gasteiger partial charge in [-0.1, -0.05) is 30.7 Å². The number of aromatic nitrogens is 2. The maximum Gasteiger partial charge on any atom is 0.234 e. The summed E-state index contributed by atoms with van der Waals surface area (Å²) in [6.07, 6.45) is 5.67. The topological polar surface area (TPSA) is 50.2 Å². The molecule has 0 saturated carbocycles. The Morgan fingerprint density at radius 3 is 2.96 bits per heavy atom. The quantitative estimate of drug-likeness (QED) is 0.874. The predicted molar refractivity (Wildman–Crippen MR) is 94.9 cm³/mol. The first-order valence-electron chi connectivity index (χ1n) is 8.40. The van der Waals surface area contributed by atoms with Crippen molar-refractivity contribution >= 4 is 17.5 Å². The van der Waals surface area contributed by atoms with Crippen LogP contribution in [0.5, 0.6) is 0 Å². The molecule has 0 aliphatic carbocycles. The standard InChI is InChI=1S/C18H23ClN4O/c1-2-22(11-14-3-5-15(19)6-4-14)13-18(24)21-16-7-8-17-20-9-10-23(17)12-16/h3-6,9-10,16H,2,7-8,11-13H2,1H3,(H,21,24)/t16-/m0/s1. The van der Waals surface area contributed by atoms with E-state index in [-0.39, 0.29) is 11.9 Å². The minimum Gasteiger partial charge on any atom is -0.350 e. The van der Waals surface area contributed by atoms with Crippen molar-refractivity contribution in [1.82, 2.24) is 19.8 Å². The molecule has 24 heavy (non-hydrogen) atoms. The second-order valence-corrected chi connectivity index (χ2v) is 6.67. The molecule has 1 aromatic carbocycles. The molecule has 2 heterocycles. The largest absolute Gasteiger partial charge is 0.350 e. The Morgan fingerprint density at radius 1 is 1.42 bits per heavy atom. The number of nitrogens with one attached hydrogen (secondary N) is 1. The van der Waals surface area contributed by atoms with Gasteiger partial charge in [-0.2, -0.15) is 0 Å². The third-order valence-electron chi connectivity index (χ3n) is 4.43. The van der Waals surface area contributed by atoms with E-state index >= 15 is 0 Å². The summed E-state index contributed by atoms with van der Waals surface area (Å²) in [6.45, 7) is 4.86. The van der Waals surface area contributed by atoms with Gasteiger partial charge in [0.2, 0.25) is 5.91 Å². The zero-order valence-corrected chi connectivity index (χ0v) is 14.7. The zero-order valence-electron chi connectivity index (χ0n) is 13.9. The van der Waals surface area contributed by atoms with E-state index in [1.54, 1.807) is 0 Å². The second kappa shape index (κ2) is 7.81. The maximum absolute atomic E-state index is 12.4. The number of carbonyl (C=O) groups excluding carboxylic acids is 1. The summed E-state index contributed by atoms with van der Waals surface area (Å²) < 4.78 is 2.12. The van der Waals surface area contributed by atoms with Gasteiger partial charge >= 0.3 is 0 Å². The van der Waals surface area contributed by atoms with Gasteiger partial charge in [-0.15, -0.1) is 0 Å². The number of benzene rings is 1. The molecular formula is C18H23ClN4O. The first-order chi connectivity index (χ1) is 11.6. The average Bonchev–Trinajstić information content (AvgIpc) is 3.04. The van der Waals surface area contributed by atoms with Crippen molar-refractivity contribution < 1.29 is 4.79 Å². The van der Waals surface area contributed by atoms with Crippen molar-refractivity contribution in [3.63, 3.8) is 0 Å². The number of imidazole rings is 1. The summed E-state index contributed by atoms with van der Waals surface area (Å²) in [6, 6.07) is 7.97. The van der Waals surface area contributed by atoms with E-state index in [4.69, 9.17) is 11.6 Å². The van der Waals surface area contributed by atoms with Crippen molar-refractivity contribution in [1.29, 1.82) is 0 Å². The molecule has 1 N–H and O–H groups in total. The molecule has 1 aromatic heterocycles. The summed E-state index contributed by atoms with van der Waals surface area (Å²) in [5.41, 5.74) is 1.16. The van der Waals surface area contributed by atoms with E-state index in [0.29, 0.717) is 6.54 Å². The molecule has 1 aliphatic rings. The Bertz CT molecular complexity index is 683. The molecule has 1 atom stereocenters. The summed E-state index contributed by atoms with van der Waals surface area (Å²) in [5, 5.41) is 3.89. The molecule has 5 nitrogen and oxygen atoms in total. The molecule has 1 aliphatic heterocycles. The fourth-order valence-electron chi connectivity index (χ4n) is 3.09. The summed E-state index contributed by atoms with van der Waals surface area (Å²) in [4.78, 5) is 18.8. The van der Waals surface area contributed by atoms with Crippen molar-refractivity contribution in [2.45, 2.75) is 38.9 Å². The molecule has 6 heteroatoms. The molecule has 0 bridgehead atoms. The Kier molecular flexibility index (Phi) is 5.53. The minimum atomic E-state index is 0.0828. The normalized spacial score (nSPS) is 16.9. The molecule has 0 spiro atoms. The van der Waals surface area contributed by atoms with E-state index in [2.05, 4.69) is 26.7 Å². The lowest BCUT2D eigenvalue weighted by molar-refractivity contribution is -0.123. The van der Waals surface area contributed by atoms with Crippen LogP contribution in [0, 0.1) is 0 Å². The molecule has 128 valence electrons. The summed E-state index contributed by atoms with van der Waals surface area (Å²) in [7, 11) is 0. The van der Waals surface area contributed by atoms with Gasteiger partial charge in [-0.25, -0.2) is 4.98 Å². The van der Waals surface area contributed by atoms with Crippen LogP contribution >= 0.6 is 11.6 Å². The van der Waals surface area contributed by atoms with Crippen LogP contribution < -0.4 is 5.32 Å². The highest BCUT2D eigenvalue weighted by molar-refractivity contribution is 6.30. The molecule has 0 radical (unpaired) electrons. The van der Waals surface area contributed by atoms with E-state index in [1.807, 2.05) is 36.7 Å². The lowest BCUT2D eigenvalue weighted by Crippen LogP contribution is -2.45. The van der Waals surface area contributed by atoms with Gasteiger partial charge in [0.1, 0.15) is 5.82 Å². The van der Waals surface area contributed by atoms with Crippen LogP contribution in [-0.2, 0) is 24.3 Å². The number of carbonyl (C=O) groups is 1. The van der Waals surface area contributed by atoms with Crippen LogP contribution in [0.15, 0.2) is 36.7 Å². The van der Waals surface area contributed by atoms with Gasteiger partial charge in [0.15, 0.2) is 0 Å². The van der Waals surface area contributed by atoms with Crippen molar-refractivity contribution in [2.24, 2.45) is 0 Å². The minimum absolute atomic E-state index is 0.0828. The van der Waals surface area contributed by atoms with Crippen LogP contribution in [0.2, 0.25) is 5.02 Å². The highest BCUT2D eigenvalue weighted by Gasteiger charge is 2.21. The number of nitrogens with zero attached hydrogens (tertiary/aromatic N) is 3. The van der Waals surface area contributed by atoms with Crippen molar-refractivity contribution in [3.8, 4) is 0 Å². The van der Waals surface area contributed by atoms with E-state index in [9.17, 15) is 4.79 Å². The number of halogens is 1. The molecular weight excluding hydrogens is 324 g/mol. The van der Waals surface area contributed by atoms with Gasteiger partial charge in [0.25, 0.3) is 0 Å². The van der Waals surface area contributed by atoms with Crippen LogP contribution in [0.3, 0.4) is 0 Å². The molecule has 0 fully saturated rings. The monoisotopic (exact) mass is 346 g/mol. The Balaban J connectivity index is 1.50. The fourth-order valence-corrected chi connectivity index (χ4v) is 3.21. The smallest absolute Gasteiger partial charge is 0.234 e. The molecule has 0 unspecified atom stereocenters. The Morgan fingerprint density at radius 2 is 2.21 bits per heavy atom. The number of fused-ring (bicyclic) bond motifs is 1. The number of hydrogen-bond donors (Lipinski definition) is 1. The predicted octanol–water partition coefficient (Wildman–Crippen LogP) is 2.49. The molecule has 0 saturated heterocycles. The fraction of sp³-hybridized carbons (Fsp3) is 0.444. The first-order valence-corrected chi connectivity index (χ1v) is 8.78. The Hall–Kier alpha value is -1.85. The highest BCUT2D eigenvalue weighted by atomic mass is 35.5. The Labute approximate surface area is 147 Å². The summed E-state index contributed by atoms with van der Waals surface area (Å²) >= 11 is 5.92. The third kappa shape index (κ3) is 4.36.